The lowest BCUT2D eigenvalue weighted by Crippen LogP contribution is -2.46. The monoisotopic (exact) mass is 222 g/mol. The van der Waals surface area contributed by atoms with Crippen molar-refractivity contribution in [1.29, 1.82) is 0 Å². The lowest BCUT2D eigenvalue weighted by Gasteiger charge is -2.30. The van der Waals surface area contributed by atoms with Crippen LogP contribution < -0.4 is 11.1 Å². The maximum absolute atomic E-state index is 11.8. The number of piperidine rings is 1. The number of amides is 1. The van der Waals surface area contributed by atoms with E-state index in [9.17, 15) is 4.79 Å². The third-order valence-corrected chi connectivity index (χ3v) is 2.91. The third-order valence-electron chi connectivity index (χ3n) is 2.91. The van der Waals surface area contributed by atoms with Crippen molar-refractivity contribution >= 4 is 11.6 Å². The van der Waals surface area contributed by atoms with Crippen molar-refractivity contribution < 1.29 is 4.79 Å². The number of anilines is 1. The Balaban J connectivity index is 1.92. The van der Waals surface area contributed by atoms with Crippen LogP contribution in [0.1, 0.15) is 23.3 Å². The average molecular weight is 222 g/mol. The Kier molecular flexibility index (Phi) is 3.14. The number of likely N-dealkylation sites (tertiary alicyclic amines) is 1. The van der Waals surface area contributed by atoms with Gasteiger partial charge in [0.1, 0.15) is 5.69 Å². The summed E-state index contributed by atoms with van der Waals surface area (Å²) in [6, 6.07) is 1.90. The van der Waals surface area contributed by atoms with Crippen molar-refractivity contribution in [2.45, 2.75) is 18.9 Å². The molecule has 5 nitrogen and oxygen atoms in total. The lowest BCUT2D eigenvalue weighted by atomic mass is 10.1. The highest BCUT2D eigenvalue weighted by molar-refractivity contribution is 5.93. The number of hydrogen-bond acceptors (Lipinski definition) is 3. The number of nitrogens with two attached hydrogens (primary N) is 1. The van der Waals surface area contributed by atoms with Crippen LogP contribution in [0.3, 0.4) is 0 Å². The number of carbonyl (C=O) groups excluding carboxylic acids is 1. The van der Waals surface area contributed by atoms with Crippen molar-refractivity contribution in [3.05, 3.63) is 18.0 Å². The molecule has 1 aromatic rings. The highest BCUT2D eigenvalue weighted by Crippen LogP contribution is 2.10. The van der Waals surface area contributed by atoms with Crippen LogP contribution in [0.4, 0.5) is 5.69 Å². The molecule has 1 amide bonds. The first-order valence-electron chi connectivity index (χ1n) is 5.58. The Morgan fingerprint density at radius 3 is 3.12 bits per heavy atom. The van der Waals surface area contributed by atoms with Gasteiger partial charge < -0.3 is 20.9 Å². The fourth-order valence-electron chi connectivity index (χ4n) is 2.09. The Bertz CT molecular complexity index is 374. The van der Waals surface area contributed by atoms with Crippen LogP contribution in [-0.4, -0.2) is 42.0 Å². The number of aromatic nitrogens is 1. The number of nitrogens with zero attached hydrogens (tertiary/aromatic N) is 1. The number of carbonyl (C=O) groups is 1. The summed E-state index contributed by atoms with van der Waals surface area (Å²) in [5, 5.41) is 3.01. The van der Waals surface area contributed by atoms with Crippen LogP contribution in [0.5, 0.6) is 0 Å². The van der Waals surface area contributed by atoms with Gasteiger partial charge in [-0.1, -0.05) is 0 Å². The van der Waals surface area contributed by atoms with Crippen LogP contribution in [-0.2, 0) is 0 Å². The summed E-state index contributed by atoms with van der Waals surface area (Å²) in [5.41, 5.74) is 6.67. The van der Waals surface area contributed by atoms with E-state index in [0.717, 1.165) is 25.9 Å². The van der Waals surface area contributed by atoms with Crippen molar-refractivity contribution in [2.24, 2.45) is 0 Å². The van der Waals surface area contributed by atoms with Gasteiger partial charge in [0.05, 0.1) is 0 Å². The smallest absolute Gasteiger partial charge is 0.268 e. The molecule has 1 unspecified atom stereocenters. The normalized spacial score (nSPS) is 21.9. The largest absolute Gasteiger partial charge is 0.397 e. The van der Waals surface area contributed by atoms with Crippen LogP contribution in [0.15, 0.2) is 12.3 Å². The molecule has 0 saturated carbocycles. The van der Waals surface area contributed by atoms with E-state index < -0.39 is 0 Å². The number of hydrogen-bond donors (Lipinski definition) is 3. The lowest BCUT2D eigenvalue weighted by molar-refractivity contribution is 0.0908. The van der Waals surface area contributed by atoms with Crippen molar-refractivity contribution in [3.63, 3.8) is 0 Å². The molecule has 4 N–H and O–H groups in total. The second-order valence-electron chi connectivity index (χ2n) is 4.42. The van der Waals surface area contributed by atoms with Gasteiger partial charge in [0.15, 0.2) is 0 Å². The zero-order valence-electron chi connectivity index (χ0n) is 9.49. The first-order chi connectivity index (χ1) is 7.65. The molecule has 0 spiro atoms. The second kappa shape index (κ2) is 4.57. The van der Waals surface area contributed by atoms with E-state index in [-0.39, 0.29) is 11.9 Å². The van der Waals surface area contributed by atoms with E-state index in [0.29, 0.717) is 11.4 Å². The molecule has 1 saturated heterocycles. The molecule has 16 heavy (non-hydrogen) atoms. The molecule has 1 aliphatic rings. The first-order valence-corrected chi connectivity index (χ1v) is 5.58. The van der Waals surface area contributed by atoms with Gasteiger partial charge in [-0.2, -0.15) is 0 Å². The maximum Gasteiger partial charge on any atom is 0.268 e. The summed E-state index contributed by atoms with van der Waals surface area (Å²) < 4.78 is 0. The summed E-state index contributed by atoms with van der Waals surface area (Å²) in [6.45, 7) is 2.03. The van der Waals surface area contributed by atoms with Gasteiger partial charge in [-0.15, -0.1) is 0 Å². The van der Waals surface area contributed by atoms with Gasteiger partial charge in [0, 0.05) is 24.5 Å². The summed E-state index contributed by atoms with van der Waals surface area (Å²) in [5.74, 6) is -0.0722. The minimum atomic E-state index is -0.0722. The molecule has 1 aliphatic heterocycles. The van der Waals surface area contributed by atoms with Gasteiger partial charge in [-0.3, -0.25) is 4.79 Å². The van der Waals surface area contributed by atoms with Gasteiger partial charge in [0.2, 0.25) is 0 Å². The number of likely N-dealkylation sites (N-methyl/N-ethyl adjacent to an activating group) is 1. The Hall–Kier alpha value is -1.49. The Morgan fingerprint density at radius 2 is 2.50 bits per heavy atom. The van der Waals surface area contributed by atoms with Gasteiger partial charge in [0.25, 0.3) is 5.91 Å². The van der Waals surface area contributed by atoms with Gasteiger partial charge in [-0.25, -0.2) is 0 Å². The van der Waals surface area contributed by atoms with E-state index in [4.69, 9.17) is 5.73 Å². The quantitative estimate of drug-likeness (QED) is 0.679. The predicted octanol–water partition coefficient (Wildman–Crippen LogP) is 0.421. The van der Waals surface area contributed by atoms with E-state index in [1.54, 1.807) is 12.3 Å². The molecular weight excluding hydrogens is 204 g/mol. The number of nitrogens with one attached hydrogen (secondary N) is 2. The molecule has 0 radical (unpaired) electrons. The van der Waals surface area contributed by atoms with Crippen molar-refractivity contribution in [1.82, 2.24) is 15.2 Å². The van der Waals surface area contributed by atoms with Crippen LogP contribution >= 0.6 is 0 Å². The van der Waals surface area contributed by atoms with E-state index in [1.807, 2.05) is 0 Å². The molecule has 1 atom stereocenters. The zero-order valence-corrected chi connectivity index (χ0v) is 9.49. The molecule has 88 valence electrons. The minimum absolute atomic E-state index is 0.0722. The number of rotatable bonds is 2. The van der Waals surface area contributed by atoms with Gasteiger partial charge >= 0.3 is 0 Å². The number of nitrogen functional groups attached to an aromatic ring is 1. The number of aromatic amines is 1. The SMILES string of the molecule is CN1CCCC(NC(=O)c2cc(N)c[nH]2)C1. The van der Waals surface area contributed by atoms with Crippen LogP contribution in [0.25, 0.3) is 0 Å². The maximum atomic E-state index is 11.8. The average Bonchev–Trinajstić information content (AvgIpc) is 2.65. The van der Waals surface area contributed by atoms with E-state index in [1.165, 1.54) is 0 Å². The van der Waals surface area contributed by atoms with Gasteiger partial charge in [-0.05, 0) is 32.5 Å². The van der Waals surface area contributed by atoms with Crippen molar-refractivity contribution in [3.8, 4) is 0 Å². The standard InChI is InChI=1S/C11H18N4O/c1-15-4-2-3-9(7-15)14-11(16)10-5-8(12)6-13-10/h5-6,9,13H,2-4,7,12H2,1H3,(H,14,16). The first kappa shape index (κ1) is 11.0. The molecular formula is C11H18N4O. The molecule has 1 fully saturated rings. The molecule has 2 rings (SSSR count). The van der Waals surface area contributed by atoms with Crippen LogP contribution in [0.2, 0.25) is 0 Å². The van der Waals surface area contributed by atoms with E-state index in [2.05, 4.69) is 22.2 Å². The van der Waals surface area contributed by atoms with E-state index >= 15 is 0 Å². The van der Waals surface area contributed by atoms with Crippen molar-refractivity contribution in [2.75, 3.05) is 25.9 Å². The summed E-state index contributed by atoms with van der Waals surface area (Å²) in [4.78, 5) is 16.9. The molecule has 5 heteroatoms. The third kappa shape index (κ3) is 2.55. The highest BCUT2D eigenvalue weighted by atomic mass is 16.1. The number of H-pyrrole nitrogens is 1. The summed E-state index contributed by atoms with van der Waals surface area (Å²) >= 11 is 0. The highest BCUT2D eigenvalue weighted by Gasteiger charge is 2.19. The Morgan fingerprint density at radius 1 is 1.69 bits per heavy atom. The Labute approximate surface area is 95.0 Å². The molecule has 0 aliphatic carbocycles. The molecule has 1 aromatic heterocycles. The zero-order chi connectivity index (χ0) is 11.5. The fraction of sp³-hybridized carbons (Fsp3) is 0.545. The molecule has 2 heterocycles. The second-order valence-corrected chi connectivity index (χ2v) is 4.42. The van der Waals surface area contributed by atoms with Crippen LogP contribution in [0, 0.1) is 0 Å². The fourth-order valence-corrected chi connectivity index (χ4v) is 2.09. The summed E-state index contributed by atoms with van der Waals surface area (Å²) in [7, 11) is 2.07. The predicted molar refractivity (Wildman–Crippen MR) is 63.2 cm³/mol. The summed E-state index contributed by atoms with van der Waals surface area (Å²) in [6.07, 6.45) is 3.81. The topological polar surface area (TPSA) is 74.2 Å². The minimum Gasteiger partial charge on any atom is -0.397 e. The molecule has 0 aromatic carbocycles. The molecule has 0 bridgehead atoms.